The summed E-state index contributed by atoms with van der Waals surface area (Å²) in [5.74, 6) is -1.37. The Balaban J connectivity index is 2.42. The van der Waals surface area contributed by atoms with Crippen molar-refractivity contribution >= 4 is 41.0 Å². The predicted molar refractivity (Wildman–Crippen MR) is 98.4 cm³/mol. The topological polar surface area (TPSA) is 93.7 Å². The van der Waals surface area contributed by atoms with Crippen molar-refractivity contribution in [1.82, 2.24) is 10.6 Å². The van der Waals surface area contributed by atoms with Crippen LogP contribution in [0.25, 0.3) is 0 Å². The minimum Gasteiger partial charge on any atom is -0.477 e. The summed E-state index contributed by atoms with van der Waals surface area (Å²) in [6.07, 6.45) is -0.189. The molecule has 2 amide bonds. The maximum atomic E-state index is 11.9. The van der Waals surface area contributed by atoms with Crippen LogP contribution >= 0.6 is 23.2 Å². The molecule has 1 aromatic rings. The first-order chi connectivity index (χ1) is 12.2. The van der Waals surface area contributed by atoms with Crippen molar-refractivity contribution in [2.24, 2.45) is 0 Å². The fraction of sp³-hybridized carbons (Fsp3) is 0.471. The van der Waals surface area contributed by atoms with Gasteiger partial charge in [-0.2, -0.15) is 0 Å². The fourth-order valence-electron chi connectivity index (χ4n) is 1.81. The van der Waals surface area contributed by atoms with Gasteiger partial charge in [0, 0.05) is 11.6 Å². The van der Waals surface area contributed by atoms with Crippen LogP contribution in [-0.2, 0) is 19.1 Å². The standard InChI is InChI=1S/C17H22Cl2N2O5/c1-4-7-20-16(23)10(2)21-15(22)9-25-17(24)11(3)26-14-6-5-12(18)8-13(14)19/h5-6,8,10-11H,4,7,9H2,1-3H3,(H,20,23)(H,21,22)/t10-,11-/m1/s1. The number of esters is 1. The van der Waals surface area contributed by atoms with E-state index in [1.165, 1.54) is 19.1 Å². The van der Waals surface area contributed by atoms with Gasteiger partial charge < -0.3 is 20.1 Å². The van der Waals surface area contributed by atoms with Crippen molar-refractivity contribution in [3.05, 3.63) is 28.2 Å². The minimum atomic E-state index is -0.980. The first-order valence-corrected chi connectivity index (χ1v) is 8.85. The van der Waals surface area contributed by atoms with Gasteiger partial charge in [-0.15, -0.1) is 0 Å². The Hall–Kier alpha value is -1.99. The van der Waals surface area contributed by atoms with Gasteiger partial charge in [0.1, 0.15) is 11.8 Å². The van der Waals surface area contributed by atoms with Crippen molar-refractivity contribution in [1.29, 1.82) is 0 Å². The zero-order chi connectivity index (χ0) is 19.7. The van der Waals surface area contributed by atoms with Crippen LogP contribution in [0.4, 0.5) is 0 Å². The lowest BCUT2D eigenvalue weighted by Gasteiger charge is -2.16. The van der Waals surface area contributed by atoms with Crippen LogP contribution in [-0.4, -0.2) is 43.1 Å². The van der Waals surface area contributed by atoms with E-state index in [2.05, 4.69) is 10.6 Å². The third-order valence-corrected chi connectivity index (χ3v) is 3.73. The summed E-state index contributed by atoms with van der Waals surface area (Å²) in [6, 6.07) is 3.85. The van der Waals surface area contributed by atoms with Gasteiger partial charge in [0.2, 0.25) is 5.91 Å². The van der Waals surface area contributed by atoms with Gasteiger partial charge in [-0.1, -0.05) is 30.1 Å². The molecule has 0 bridgehead atoms. The van der Waals surface area contributed by atoms with E-state index < -0.39 is 30.6 Å². The molecule has 0 aromatic heterocycles. The largest absolute Gasteiger partial charge is 0.477 e. The lowest BCUT2D eigenvalue weighted by Crippen LogP contribution is -2.46. The molecule has 0 unspecified atom stereocenters. The molecule has 0 spiro atoms. The minimum absolute atomic E-state index is 0.252. The molecule has 0 fully saturated rings. The van der Waals surface area contributed by atoms with Crippen molar-refractivity contribution < 1.29 is 23.9 Å². The molecular formula is C17H22Cl2N2O5. The average molecular weight is 405 g/mol. The number of carbonyl (C=O) groups is 3. The number of hydrogen-bond donors (Lipinski definition) is 2. The summed E-state index contributed by atoms with van der Waals surface area (Å²) in [5, 5.41) is 5.78. The second kappa shape index (κ2) is 10.9. The summed E-state index contributed by atoms with van der Waals surface area (Å²) in [7, 11) is 0. The van der Waals surface area contributed by atoms with Crippen LogP contribution in [0.2, 0.25) is 10.0 Å². The maximum Gasteiger partial charge on any atom is 0.347 e. The predicted octanol–water partition coefficient (Wildman–Crippen LogP) is 2.33. The van der Waals surface area contributed by atoms with Crippen molar-refractivity contribution in [3.63, 3.8) is 0 Å². The highest BCUT2D eigenvalue weighted by atomic mass is 35.5. The van der Waals surface area contributed by atoms with Gasteiger partial charge in [0.15, 0.2) is 12.7 Å². The van der Waals surface area contributed by atoms with E-state index in [4.69, 9.17) is 32.7 Å². The van der Waals surface area contributed by atoms with E-state index in [0.717, 1.165) is 6.42 Å². The Morgan fingerprint density at radius 3 is 2.50 bits per heavy atom. The molecule has 144 valence electrons. The van der Waals surface area contributed by atoms with Gasteiger partial charge in [0.25, 0.3) is 5.91 Å². The van der Waals surface area contributed by atoms with E-state index in [-0.39, 0.29) is 16.7 Å². The Morgan fingerprint density at radius 1 is 1.19 bits per heavy atom. The van der Waals surface area contributed by atoms with E-state index in [9.17, 15) is 14.4 Å². The molecule has 2 atom stereocenters. The van der Waals surface area contributed by atoms with Crippen molar-refractivity contribution in [3.8, 4) is 5.75 Å². The summed E-state index contributed by atoms with van der Waals surface area (Å²) in [4.78, 5) is 35.3. The summed E-state index contributed by atoms with van der Waals surface area (Å²) >= 11 is 11.8. The molecule has 0 heterocycles. The van der Waals surface area contributed by atoms with Gasteiger partial charge in [-0.3, -0.25) is 9.59 Å². The summed E-state index contributed by atoms with van der Waals surface area (Å²) < 4.78 is 10.3. The Kier molecular flexibility index (Phi) is 9.23. The van der Waals surface area contributed by atoms with Gasteiger partial charge in [-0.25, -0.2) is 4.79 Å². The first kappa shape index (κ1) is 22.1. The first-order valence-electron chi connectivity index (χ1n) is 8.10. The summed E-state index contributed by atoms with van der Waals surface area (Å²) in [6.45, 7) is 4.93. The third kappa shape index (κ3) is 7.49. The van der Waals surface area contributed by atoms with Gasteiger partial charge >= 0.3 is 5.97 Å². The highest BCUT2D eigenvalue weighted by Gasteiger charge is 2.20. The smallest absolute Gasteiger partial charge is 0.347 e. The fourth-order valence-corrected chi connectivity index (χ4v) is 2.27. The number of nitrogens with one attached hydrogen (secondary N) is 2. The van der Waals surface area contributed by atoms with E-state index in [1.807, 2.05) is 6.92 Å². The molecular weight excluding hydrogens is 383 g/mol. The molecule has 1 rings (SSSR count). The molecule has 0 aliphatic carbocycles. The molecule has 2 N–H and O–H groups in total. The number of halogens is 2. The number of rotatable bonds is 9. The lowest BCUT2D eigenvalue weighted by molar-refractivity contribution is -0.155. The zero-order valence-corrected chi connectivity index (χ0v) is 16.3. The second-order valence-corrected chi connectivity index (χ2v) is 6.37. The van der Waals surface area contributed by atoms with Crippen LogP contribution in [0.1, 0.15) is 27.2 Å². The normalized spacial score (nSPS) is 12.7. The number of carbonyl (C=O) groups excluding carboxylic acids is 3. The molecule has 26 heavy (non-hydrogen) atoms. The van der Waals surface area contributed by atoms with E-state index >= 15 is 0 Å². The summed E-state index contributed by atoms with van der Waals surface area (Å²) in [5.41, 5.74) is 0. The van der Waals surface area contributed by atoms with Crippen LogP contribution in [0, 0.1) is 0 Å². The Bertz CT molecular complexity index is 654. The zero-order valence-electron chi connectivity index (χ0n) is 14.8. The van der Waals surface area contributed by atoms with Crippen molar-refractivity contribution in [2.75, 3.05) is 13.2 Å². The monoisotopic (exact) mass is 404 g/mol. The molecule has 9 heteroatoms. The average Bonchev–Trinajstić information content (AvgIpc) is 2.59. The Labute approximate surface area is 162 Å². The SMILES string of the molecule is CCCNC(=O)[C@@H](C)NC(=O)COC(=O)[C@@H](C)Oc1ccc(Cl)cc1Cl. The number of ether oxygens (including phenoxy) is 2. The molecule has 1 aromatic carbocycles. The van der Waals surface area contributed by atoms with Crippen LogP contribution in [0.5, 0.6) is 5.75 Å². The highest BCUT2D eigenvalue weighted by Crippen LogP contribution is 2.28. The molecule has 0 radical (unpaired) electrons. The second-order valence-electron chi connectivity index (χ2n) is 5.52. The van der Waals surface area contributed by atoms with Crippen molar-refractivity contribution in [2.45, 2.75) is 39.3 Å². The number of amides is 2. The molecule has 0 saturated carbocycles. The lowest BCUT2D eigenvalue weighted by atomic mass is 10.3. The van der Waals surface area contributed by atoms with Crippen LogP contribution < -0.4 is 15.4 Å². The molecule has 0 aliphatic heterocycles. The van der Waals surface area contributed by atoms with Crippen LogP contribution in [0.3, 0.4) is 0 Å². The Morgan fingerprint density at radius 2 is 1.88 bits per heavy atom. The van der Waals surface area contributed by atoms with E-state index in [0.29, 0.717) is 11.6 Å². The quantitative estimate of drug-likeness (QED) is 0.616. The molecule has 7 nitrogen and oxygen atoms in total. The van der Waals surface area contributed by atoms with Gasteiger partial charge in [-0.05, 0) is 38.5 Å². The third-order valence-electron chi connectivity index (χ3n) is 3.20. The number of hydrogen-bond acceptors (Lipinski definition) is 5. The molecule has 0 aliphatic rings. The molecule has 0 saturated heterocycles. The number of benzene rings is 1. The van der Waals surface area contributed by atoms with Gasteiger partial charge in [0.05, 0.1) is 5.02 Å². The highest BCUT2D eigenvalue weighted by molar-refractivity contribution is 6.35. The maximum absolute atomic E-state index is 11.9. The van der Waals surface area contributed by atoms with Crippen LogP contribution in [0.15, 0.2) is 18.2 Å². The van der Waals surface area contributed by atoms with E-state index in [1.54, 1.807) is 13.0 Å².